The fourth-order valence-electron chi connectivity index (χ4n) is 10.4. The predicted molar refractivity (Wildman–Crippen MR) is 233 cm³/mol. The van der Waals surface area contributed by atoms with Gasteiger partial charge in [-0.2, -0.15) is 0 Å². The molecule has 0 spiro atoms. The van der Waals surface area contributed by atoms with E-state index in [1.807, 2.05) is 116 Å². The van der Waals surface area contributed by atoms with E-state index < -0.39 is 35.0 Å². The Balaban J connectivity index is 1.14. The summed E-state index contributed by atoms with van der Waals surface area (Å²) in [7, 11) is 3.21. The van der Waals surface area contributed by atoms with Crippen LogP contribution in [0.1, 0.15) is 53.5 Å². The summed E-state index contributed by atoms with van der Waals surface area (Å²) in [6.07, 6.45) is 7.71. The van der Waals surface area contributed by atoms with Crippen LogP contribution in [0.15, 0.2) is 139 Å². The number of methoxy groups -OCH3 is 2. The van der Waals surface area contributed by atoms with Crippen molar-refractivity contribution in [1.29, 1.82) is 0 Å². The topological polar surface area (TPSA) is 119 Å². The van der Waals surface area contributed by atoms with Gasteiger partial charge in [-0.25, -0.2) is 0 Å². The number of ketones is 2. The summed E-state index contributed by atoms with van der Waals surface area (Å²) in [6.45, 7) is 2.12. The summed E-state index contributed by atoms with van der Waals surface area (Å²) in [5.74, 6) is -3.47. The Morgan fingerprint density at radius 1 is 0.770 bits per heavy atom. The average Bonchev–Trinajstić information content (AvgIpc) is 3.56. The number of amides is 2. The van der Waals surface area contributed by atoms with Crippen molar-refractivity contribution in [3.63, 3.8) is 0 Å². The van der Waals surface area contributed by atoms with Crippen LogP contribution in [0.5, 0.6) is 23.0 Å². The smallest absolute Gasteiger partial charge is 0.238 e. The molecule has 9 rings (SSSR count). The minimum Gasteiger partial charge on any atom is -0.504 e. The maximum absolute atomic E-state index is 15.3. The number of rotatable bonds is 10. The van der Waals surface area contributed by atoms with E-state index in [-0.39, 0.29) is 47.7 Å². The van der Waals surface area contributed by atoms with E-state index in [1.165, 1.54) is 11.0 Å². The monoisotopic (exact) mass is 811 g/mol. The number of Topliss-reactive ketones (excluding diaryl/α,β-unsaturated/α-hetero) is 1. The summed E-state index contributed by atoms with van der Waals surface area (Å²) in [6, 6.07) is 36.5. The van der Waals surface area contributed by atoms with Gasteiger partial charge in [-0.1, -0.05) is 109 Å². The molecule has 0 bridgehead atoms. The third kappa shape index (κ3) is 6.38. The number of fused-ring (bicyclic) bond motifs is 4. The number of para-hydroxylation sites is 1. The maximum Gasteiger partial charge on any atom is 0.238 e. The van der Waals surface area contributed by atoms with Crippen molar-refractivity contribution in [3.05, 3.63) is 167 Å². The van der Waals surface area contributed by atoms with E-state index >= 15 is 9.59 Å². The summed E-state index contributed by atoms with van der Waals surface area (Å²) in [4.78, 5) is 61.3. The lowest BCUT2D eigenvalue weighted by molar-refractivity contribution is -0.135. The standard InChI is InChI=1S/C52H45NO8/c1-4-61-44-17-11-16-39(49(44)56)47-37-25-26-38-46(51(58)53(50(38)57)35-22-19-31(20-23-35)18-21-33-28-36(59-2)24-27-43(33)60-3)41(37)29-42-48(55)40(32-12-7-5-8-13-32)30-45(54)52(42,47)34-14-9-6-10-15-34/h5-25,27-28,30,38,41-42,46-47,56H,4,26,29H2,1-3H3. The summed E-state index contributed by atoms with van der Waals surface area (Å²) >= 11 is 0. The number of imide groups is 1. The highest BCUT2D eigenvalue weighted by Crippen LogP contribution is 2.65. The van der Waals surface area contributed by atoms with Crippen LogP contribution in [0.2, 0.25) is 0 Å². The van der Waals surface area contributed by atoms with Crippen LogP contribution in [0, 0.1) is 23.7 Å². The molecule has 61 heavy (non-hydrogen) atoms. The van der Waals surface area contributed by atoms with E-state index in [0.717, 1.165) is 16.7 Å². The van der Waals surface area contributed by atoms with Gasteiger partial charge < -0.3 is 19.3 Å². The number of benzene rings is 5. The van der Waals surface area contributed by atoms with Gasteiger partial charge in [0.2, 0.25) is 11.8 Å². The molecule has 1 aliphatic heterocycles. The molecule has 1 saturated carbocycles. The molecule has 5 aromatic rings. The van der Waals surface area contributed by atoms with Gasteiger partial charge in [0.15, 0.2) is 23.1 Å². The lowest BCUT2D eigenvalue weighted by atomic mass is 9.44. The second kappa shape index (κ2) is 15.9. The Labute approximate surface area is 354 Å². The first kappa shape index (κ1) is 39.5. The fourth-order valence-corrected chi connectivity index (χ4v) is 10.4. The van der Waals surface area contributed by atoms with Gasteiger partial charge in [0, 0.05) is 28.5 Å². The van der Waals surface area contributed by atoms with Gasteiger partial charge in [0.1, 0.15) is 11.5 Å². The number of anilines is 1. The first-order valence-electron chi connectivity index (χ1n) is 20.6. The van der Waals surface area contributed by atoms with Crippen LogP contribution in [-0.2, 0) is 24.6 Å². The number of phenols is 1. The van der Waals surface area contributed by atoms with Gasteiger partial charge in [0.05, 0.1) is 43.8 Å². The number of phenolic OH excluding ortho intramolecular Hbond substituents is 1. The minimum atomic E-state index is -1.47. The molecular weight excluding hydrogens is 767 g/mol. The third-order valence-electron chi connectivity index (χ3n) is 13.1. The number of hydrogen-bond acceptors (Lipinski definition) is 8. The van der Waals surface area contributed by atoms with Crippen molar-refractivity contribution in [2.75, 3.05) is 25.7 Å². The molecule has 1 N–H and O–H groups in total. The number of allylic oxidation sites excluding steroid dienone is 4. The number of ether oxygens (including phenoxy) is 3. The molecule has 2 fully saturated rings. The van der Waals surface area contributed by atoms with E-state index in [9.17, 15) is 14.7 Å². The van der Waals surface area contributed by atoms with Gasteiger partial charge in [-0.05, 0) is 84.8 Å². The molecule has 1 heterocycles. The van der Waals surface area contributed by atoms with Crippen molar-refractivity contribution in [3.8, 4) is 23.0 Å². The highest BCUT2D eigenvalue weighted by molar-refractivity contribution is 6.32. The molecule has 0 aromatic heterocycles. The van der Waals surface area contributed by atoms with E-state index in [4.69, 9.17) is 14.2 Å². The van der Waals surface area contributed by atoms with Crippen molar-refractivity contribution >= 4 is 46.8 Å². The van der Waals surface area contributed by atoms with E-state index in [2.05, 4.69) is 0 Å². The molecule has 9 nitrogen and oxygen atoms in total. The van der Waals surface area contributed by atoms with Crippen LogP contribution in [0.3, 0.4) is 0 Å². The minimum absolute atomic E-state index is 0.125. The number of carbonyl (C=O) groups is 4. The van der Waals surface area contributed by atoms with Gasteiger partial charge in [0.25, 0.3) is 0 Å². The van der Waals surface area contributed by atoms with Gasteiger partial charge >= 0.3 is 0 Å². The number of nitrogens with zero attached hydrogens (tertiary/aromatic N) is 1. The number of carbonyl (C=O) groups excluding carboxylic acids is 4. The molecule has 9 heteroatoms. The Morgan fingerprint density at radius 2 is 1.51 bits per heavy atom. The summed E-state index contributed by atoms with van der Waals surface area (Å²) in [5, 5.41) is 12.0. The largest absolute Gasteiger partial charge is 0.504 e. The molecule has 1 saturated heterocycles. The summed E-state index contributed by atoms with van der Waals surface area (Å²) < 4.78 is 16.8. The first-order valence-corrected chi connectivity index (χ1v) is 20.6. The third-order valence-corrected chi connectivity index (χ3v) is 13.1. The van der Waals surface area contributed by atoms with Gasteiger partial charge in [-0.15, -0.1) is 0 Å². The second-order valence-corrected chi connectivity index (χ2v) is 16.0. The Hall–Kier alpha value is -7.00. The molecule has 4 aliphatic rings. The average molecular weight is 812 g/mol. The van der Waals surface area contributed by atoms with Crippen molar-refractivity contribution in [2.45, 2.75) is 31.1 Å². The highest BCUT2D eigenvalue weighted by Gasteiger charge is 2.66. The molecule has 306 valence electrons. The highest BCUT2D eigenvalue weighted by atomic mass is 16.5. The van der Waals surface area contributed by atoms with Crippen LogP contribution in [-0.4, -0.2) is 49.3 Å². The summed E-state index contributed by atoms with van der Waals surface area (Å²) in [5.41, 5.74) is 3.42. The molecule has 5 aromatic carbocycles. The zero-order chi connectivity index (χ0) is 42.4. The molecule has 0 radical (unpaired) electrons. The van der Waals surface area contributed by atoms with E-state index in [0.29, 0.717) is 46.1 Å². The molecule has 3 aliphatic carbocycles. The van der Waals surface area contributed by atoms with Crippen LogP contribution in [0.4, 0.5) is 5.69 Å². The maximum atomic E-state index is 15.3. The lowest BCUT2D eigenvalue weighted by Gasteiger charge is -2.55. The zero-order valence-electron chi connectivity index (χ0n) is 34.1. The van der Waals surface area contributed by atoms with Crippen molar-refractivity contribution in [2.24, 2.45) is 23.7 Å². The lowest BCUT2D eigenvalue weighted by Crippen LogP contribution is -2.58. The van der Waals surface area contributed by atoms with E-state index in [1.54, 1.807) is 44.6 Å². The Morgan fingerprint density at radius 3 is 2.21 bits per heavy atom. The predicted octanol–water partition coefficient (Wildman–Crippen LogP) is 9.01. The SMILES string of the molecule is CCOc1cccc(C2C3=CCC4C(=O)N(c5ccc(C=Cc6cc(OC)ccc6OC)cc5)C(=O)C4C3CC3C(=O)C(c4ccccc4)=CC(=O)C32c2ccccc2)c1O. The van der Waals surface area contributed by atoms with Gasteiger partial charge in [-0.3, -0.25) is 24.1 Å². The van der Waals surface area contributed by atoms with Crippen molar-refractivity contribution < 1.29 is 38.5 Å². The molecule has 2 amide bonds. The first-order chi connectivity index (χ1) is 29.7. The molecule has 6 atom stereocenters. The molecular formula is C52H45NO8. The Kier molecular flexibility index (Phi) is 10.3. The Bertz CT molecular complexity index is 2650. The zero-order valence-corrected chi connectivity index (χ0v) is 34.1. The molecule has 6 unspecified atom stereocenters. The second-order valence-electron chi connectivity index (χ2n) is 16.0. The fraction of sp³-hybridized carbons (Fsp3) is 0.231. The normalized spacial score (nSPS) is 24.4. The number of aromatic hydroxyl groups is 1. The number of hydrogen-bond donors (Lipinski definition) is 1. The van der Waals surface area contributed by atoms with Crippen LogP contribution >= 0.6 is 0 Å². The van der Waals surface area contributed by atoms with Crippen molar-refractivity contribution in [1.82, 2.24) is 0 Å². The van der Waals surface area contributed by atoms with Crippen LogP contribution < -0.4 is 19.1 Å². The quantitative estimate of drug-likeness (QED) is 0.0844. The van der Waals surface area contributed by atoms with Crippen LogP contribution in [0.25, 0.3) is 17.7 Å².